The summed E-state index contributed by atoms with van der Waals surface area (Å²) in [6.07, 6.45) is 0. The highest BCUT2D eigenvalue weighted by Gasteiger charge is 2.45. The number of carbonyl (C=O) groups excluding carboxylic acids is 2. The molecule has 2 saturated heterocycles. The van der Waals surface area contributed by atoms with E-state index in [1.54, 1.807) is 36.4 Å². The third-order valence-corrected chi connectivity index (χ3v) is 6.22. The van der Waals surface area contributed by atoms with Gasteiger partial charge in [-0.2, -0.15) is 0 Å². The summed E-state index contributed by atoms with van der Waals surface area (Å²) in [4.78, 5) is 29.1. The number of morpholine rings is 1. The van der Waals surface area contributed by atoms with Gasteiger partial charge < -0.3 is 29.1 Å². The maximum Gasteiger partial charge on any atom is 0.295 e. The van der Waals surface area contributed by atoms with Gasteiger partial charge in [0.05, 0.1) is 46.6 Å². The second kappa shape index (κ2) is 10.1. The number of rotatable bonds is 7. The van der Waals surface area contributed by atoms with Gasteiger partial charge in [0.1, 0.15) is 24.6 Å². The zero-order chi connectivity index (χ0) is 23.4. The summed E-state index contributed by atoms with van der Waals surface area (Å²) in [5.74, 6) is -0.761. The molecule has 8 nitrogen and oxygen atoms in total. The summed E-state index contributed by atoms with van der Waals surface area (Å²) in [5.41, 5.74) is 0.896. The topological polar surface area (TPSA) is 92.6 Å². The van der Waals surface area contributed by atoms with Crippen LogP contribution in [0.1, 0.15) is 17.2 Å². The van der Waals surface area contributed by atoms with E-state index in [2.05, 4.69) is 0 Å². The van der Waals surface area contributed by atoms with E-state index < -0.39 is 23.5 Å². The number of amides is 1. The lowest BCUT2D eigenvalue weighted by molar-refractivity contribution is -0.907. The minimum absolute atomic E-state index is 0.0494. The van der Waals surface area contributed by atoms with Crippen LogP contribution in [0.5, 0.6) is 11.5 Å². The average Bonchev–Trinajstić information content (AvgIpc) is 3.12. The summed E-state index contributed by atoms with van der Waals surface area (Å²) in [5, 5.41) is 13.5. The summed E-state index contributed by atoms with van der Waals surface area (Å²) < 4.78 is 16.1. The van der Waals surface area contributed by atoms with Crippen molar-refractivity contribution in [3.05, 3.63) is 65.2 Å². The van der Waals surface area contributed by atoms with Crippen LogP contribution in [0, 0.1) is 0 Å². The quantitative estimate of drug-likeness (QED) is 0.357. The number of ether oxygens (including phenoxy) is 3. The van der Waals surface area contributed by atoms with Crippen LogP contribution in [0.3, 0.4) is 0 Å². The highest BCUT2D eigenvalue weighted by molar-refractivity contribution is 6.46. The van der Waals surface area contributed by atoms with Gasteiger partial charge in [0.2, 0.25) is 5.78 Å². The summed E-state index contributed by atoms with van der Waals surface area (Å²) in [6.45, 7) is 4.05. The highest BCUT2D eigenvalue weighted by Crippen LogP contribution is 2.41. The lowest BCUT2D eigenvalue weighted by atomic mass is 9.94. The van der Waals surface area contributed by atoms with Crippen LogP contribution in [-0.4, -0.2) is 70.2 Å². The van der Waals surface area contributed by atoms with Crippen molar-refractivity contribution in [2.24, 2.45) is 0 Å². The van der Waals surface area contributed by atoms with E-state index in [1.165, 1.54) is 24.0 Å². The minimum atomic E-state index is -0.809. The van der Waals surface area contributed by atoms with Crippen LogP contribution in [0.2, 0.25) is 0 Å². The van der Waals surface area contributed by atoms with Gasteiger partial charge in [-0.05, 0) is 23.8 Å². The van der Waals surface area contributed by atoms with Crippen molar-refractivity contribution in [3.8, 4) is 11.5 Å². The Morgan fingerprint density at radius 3 is 2.42 bits per heavy atom. The number of nitrogens with zero attached hydrogens (tertiary/aromatic N) is 1. The Bertz CT molecular complexity index is 1040. The zero-order valence-electron chi connectivity index (χ0n) is 18.8. The van der Waals surface area contributed by atoms with Crippen molar-refractivity contribution in [1.29, 1.82) is 0 Å². The van der Waals surface area contributed by atoms with Crippen LogP contribution < -0.4 is 19.5 Å². The largest absolute Gasteiger partial charge is 0.872 e. The lowest BCUT2D eigenvalue weighted by Gasteiger charge is -2.30. The van der Waals surface area contributed by atoms with Crippen LogP contribution in [0.15, 0.2) is 54.1 Å². The third-order valence-electron chi connectivity index (χ3n) is 6.22. The molecule has 0 bridgehead atoms. The molecule has 0 spiro atoms. The van der Waals surface area contributed by atoms with Gasteiger partial charge in [-0.25, -0.2) is 0 Å². The molecular formula is C25H28N2O6. The second-order valence-electron chi connectivity index (χ2n) is 8.06. The number of hydrogen-bond donors (Lipinski definition) is 1. The molecule has 0 radical (unpaired) electrons. The van der Waals surface area contributed by atoms with Crippen molar-refractivity contribution in [2.75, 3.05) is 53.6 Å². The van der Waals surface area contributed by atoms with Gasteiger partial charge in [0.15, 0.2) is 0 Å². The number of likely N-dealkylation sites (tertiary alicyclic amines) is 1. The first-order chi connectivity index (χ1) is 16.0. The van der Waals surface area contributed by atoms with Crippen LogP contribution in [-0.2, 0) is 14.3 Å². The number of Topliss-reactive ketones (excluding diaryl/α,β-unsaturated/α-hetero) is 1. The first-order valence-corrected chi connectivity index (χ1v) is 11.0. The number of nitrogens with one attached hydrogen (secondary N) is 1. The maximum atomic E-state index is 13.5. The van der Waals surface area contributed by atoms with Gasteiger partial charge in [0.25, 0.3) is 5.91 Å². The minimum Gasteiger partial charge on any atom is -0.872 e. The molecule has 4 rings (SSSR count). The van der Waals surface area contributed by atoms with Crippen molar-refractivity contribution in [1.82, 2.24) is 4.90 Å². The predicted octanol–water partition coefficient (Wildman–Crippen LogP) is -0.157. The Balaban J connectivity index is 1.76. The number of methoxy groups -OCH3 is 2. The van der Waals surface area contributed by atoms with Crippen LogP contribution >= 0.6 is 0 Å². The Morgan fingerprint density at radius 1 is 1.06 bits per heavy atom. The third kappa shape index (κ3) is 4.58. The molecule has 1 amide bonds. The summed E-state index contributed by atoms with van der Waals surface area (Å²) in [7, 11) is 3.07. The number of carbonyl (C=O) groups is 2. The van der Waals surface area contributed by atoms with E-state index in [0.29, 0.717) is 48.9 Å². The number of quaternary nitrogens is 1. The molecule has 2 heterocycles. The van der Waals surface area contributed by atoms with E-state index in [4.69, 9.17) is 14.2 Å². The molecule has 1 atom stereocenters. The fourth-order valence-corrected chi connectivity index (χ4v) is 4.40. The number of para-hydroxylation sites is 1. The van der Waals surface area contributed by atoms with Gasteiger partial charge in [-0.3, -0.25) is 9.59 Å². The van der Waals surface area contributed by atoms with Crippen LogP contribution in [0.25, 0.3) is 5.76 Å². The number of benzene rings is 2. The number of hydrogen-bond acceptors (Lipinski definition) is 6. The Labute approximate surface area is 193 Å². The molecule has 1 N–H and O–H groups in total. The van der Waals surface area contributed by atoms with E-state index in [1.807, 2.05) is 12.1 Å². The van der Waals surface area contributed by atoms with E-state index in [-0.39, 0.29) is 5.57 Å². The normalized spacial score (nSPS) is 20.8. The molecule has 0 aromatic heterocycles. The molecule has 2 aromatic carbocycles. The summed E-state index contributed by atoms with van der Waals surface area (Å²) >= 11 is 0. The standard InChI is InChI=1S/C25H28N2O6/c1-31-18-9-7-17(8-10-18)23(28)21-22(19-5-3-4-6-20(19)32-2)27(25(30)24(21)29)12-11-26-13-15-33-16-14-26/h3-10,22,28H,11-16H2,1-2H3. The molecule has 2 aliphatic rings. The second-order valence-corrected chi connectivity index (χ2v) is 8.06. The molecule has 8 heteroatoms. The first-order valence-electron chi connectivity index (χ1n) is 11.0. The fourth-order valence-electron chi connectivity index (χ4n) is 4.40. The molecular weight excluding hydrogens is 424 g/mol. The highest BCUT2D eigenvalue weighted by atomic mass is 16.5. The summed E-state index contributed by atoms with van der Waals surface area (Å²) in [6, 6.07) is 12.9. The van der Waals surface area contributed by atoms with E-state index >= 15 is 0 Å². The lowest BCUT2D eigenvalue weighted by Crippen LogP contribution is -3.14. The maximum absolute atomic E-state index is 13.5. The average molecular weight is 453 g/mol. The molecule has 2 aliphatic heterocycles. The molecule has 174 valence electrons. The zero-order valence-corrected chi connectivity index (χ0v) is 18.8. The van der Waals surface area contributed by atoms with E-state index in [9.17, 15) is 14.7 Å². The predicted molar refractivity (Wildman–Crippen MR) is 119 cm³/mol. The van der Waals surface area contributed by atoms with Gasteiger partial charge >= 0.3 is 0 Å². The van der Waals surface area contributed by atoms with Crippen molar-refractivity contribution in [3.63, 3.8) is 0 Å². The van der Waals surface area contributed by atoms with Gasteiger partial charge in [0, 0.05) is 11.1 Å². The molecule has 33 heavy (non-hydrogen) atoms. The number of ketones is 1. The van der Waals surface area contributed by atoms with Crippen LogP contribution in [0.4, 0.5) is 0 Å². The molecule has 2 aromatic rings. The Kier molecular flexibility index (Phi) is 6.96. The molecule has 2 fully saturated rings. The Morgan fingerprint density at radius 2 is 1.76 bits per heavy atom. The molecule has 1 unspecified atom stereocenters. The molecule has 0 aliphatic carbocycles. The van der Waals surface area contributed by atoms with E-state index in [0.717, 1.165) is 13.1 Å². The van der Waals surface area contributed by atoms with Crippen molar-refractivity contribution < 1.29 is 33.8 Å². The smallest absolute Gasteiger partial charge is 0.295 e. The SMILES string of the molecule is COc1ccc(C([O-])=C2C(=O)C(=O)N(CC[NH+]3CCOCC3)C2c2ccccc2OC)cc1. The van der Waals surface area contributed by atoms with Gasteiger partial charge in [-0.1, -0.05) is 36.1 Å². The van der Waals surface area contributed by atoms with Crippen molar-refractivity contribution >= 4 is 17.4 Å². The first kappa shape index (κ1) is 22.8. The fraction of sp³-hybridized carbons (Fsp3) is 0.360. The monoisotopic (exact) mass is 452 g/mol. The Hall–Kier alpha value is -3.36. The van der Waals surface area contributed by atoms with Gasteiger partial charge in [-0.15, -0.1) is 0 Å². The molecule has 0 saturated carbocycles. The van der Waals surface area contributed by atoms with Crippen molar-refractivity contribution in [2.45, 2.75) is 6.04 Å².